The first kappa shape index (κ1) is 16.9. The van der Waals surface area contributed by atoms with Gasteiger partial charge in [-0.1, -0.05) is 25.1 Å². The standard InChI is InChI=1S/C12H17F3N2O2S/c1-2-7-16-8-10-5-3-4-6-11(10)20(18,19)17-9-12(13,14)15/h3-6,16-17H,2,7-9H2,1H3. The number of sulfonamides is 1. The quantitative estimate of drug-likeness (QED) is 0.758. The van der Waals surface area contributed by atoms with E-state index in [4.69, 9.17) is 0 Å². The maximum Gasteiger partial charge on any atom is 0.402 e. The molecule has 0 amide bonds. The zero-order valence-electron chi connectivity index (χ0n) is 11.0. The van der Waals surface area contributed by atoms with Gasteiger partial charge in [-0.15, -0.1) is 0 Å². The van der Waals surface area contributed by atoms with Crippen LogP contribution < -0.4 is 10.0 Å². The molecule has 0 fully saturated rings. The number of nitrogens with one attached hydrogen (secondary N) is 2. The second-order valence-corrected chi connectivity index (χ2v) is 5.96. The Morgan fingerprint density at radius 3 is 2.45 bits per heavy atom. The Hall–Kier alpha value is -1.12. The average molecular weight is 310 g/mol. The molecule has 1 rings (SSSR count). The van der Waals surface area contributed by atoms with Crippen molar-refractivity contribution in [1.29, 1.82) is 0 Å². The summed E-state index contributed by atoms with van der Waals surface area (Å²) in [5.41, 5.74) is 0.440. The predicted molar refractivity (Wildman–Crippen MR) is 69.7 cm³/mol. The molecule has 20 heavy (non-hydrogen) atoms. The minimum absolute atomic E-state index is 0.132. The molecule has 8 heteroatoms. The Kier molecular flexibility index (Phi) is 5.97. The summed E-state index contributed by atoms with van der Waals surface area (Å²) in [5.74, 6) is 0. The molecule has 0 aliphatic carbocycles. The van der Waals surface area contributed by atoms with E-state index in [-0.39, 0.29) is 11.4 Å². The van der Waals surface area contributed by atoms with Crippen LogP contribution in [0.2, 0.25) is 0 Å². The molecule has 0 radical (unpaired) electrons. The SMILES string of the molecule is CCCNCc1ccccc1S(=O)(=O)NCC(F)(F)F. The number of benzene rings is 1. The van der Waals surface area contributed by atoms with Crippen LogP contribution in [0.5, 0.6) is 0 Å². The number of alkyl halides is 3. The topological polar surface area (TPSA) is 58.2 Å². The van der Waals surface area contributed by atoms with Gasteiger partial charge in [0.2, 0.25) is 10.0 Å². The van der Waals surface area contributed by atoms with Crippen molar-refractivity contribution >= 4 is 10.0 Å². The molecule has 0 bridgehead atoms. The molecule has 0 unspecified atom stereocenters. The molecule has 4 nitrogen and oxygen atoms in total. The van der Waals surface area contributed by atoms with Crippen molar-refractivity contribution in [3.63, 3.8) is 0 Å². The highest BCUT2D eigenvalue weighted by Crippen LogP contribution is 2.18. The van der Waals surface area contributed by atoms with E-state index in [2.05, 4.69) is 5.32 Å². The fraction of sp³-hybridized carbons (Fsp3) is 0.500. The van der Waals surface area contributed by atoms with E-state index in [0.29, 0.717) is 12.1 Å². The van der Waals surface area contributed by atoms with Gasteiger partial charge in [0.25, 0.3) is 0 Å². The molecule has 0 aliphatic rings. The van der Waals surface area contributed by atoms with Gasteiger partial charge < -0.3 is 5.32 Å². The smallest absolute Gasteiger partial charge is 0.313 e. The van der Waals surface area contributed by atoms with Gasteiger partial charge in [0.1, 0.15) is 6.54 Å². The lowest BCUT2D eigenvalue weighted by Gasteiger charge is -2.13. The summed E-state index contributed by atoms with van der Waals surface area (Å²) in [5, 5.41) is 3.02. The van der Waals surface area contributed by atoms with Crippen LogP contribution in [0.25, 0.3) is 0 Å². The van der Waals surface area contributed by atoms with Crippen molar-refractivity contribution in [2.24, 2.45) is 0 Å². The number of halogens is 3. The van der Waals surface area contributed by atoms with Crippen LogP contribution in [0.3, 0.4) is 0 Å². The normalized spacial score (nSPS) is 12.6. The van der Waals surface area contributed by atoms with E-state index >= 15 is 0 Å². The Morgan fingerprint density at radius 2 is 1.85 bits per heavy atom. The van der Waals surface area contributed by atoms with Crippen LogP contribution in [0, 0.1) is 0 Å². The van der Waals surface area contributed by atoms with Gasteiger partial charge >= 0.3 is 6.18 Å². The second kappa shape index (κ2) is 7.05. The molecule has 1 aromatic rings. The van der Waals surface area contributed by atoms with Gasteiger partial charge in [0.15, 0.2) is 0 Å². The van der Waals surface area contributed by atoms with Gasteiger partial charge in [-0.05, 0) is 24.6 Å². The fourth-order valence-electron chi connectivity index (χ4n) is 1.57. The zero-order chi connectivity index (χ0) is 15.2. The fourth-order valence-corrected chi connectivity index (χ4v) is 2.82. The molecule has 0 saturated carbocycles. The molecule has 0 heterocycles. The van der Waals surface area contributed by atoms with Crippen LogP contribution in [-0.2, 0) is 16.6 Å². The van der Waals surface area contributed by atoms with Crippen molar-refractivity contribution in [1.82, 2.24) is 10.0 Å². The number of rotatable bonds is 7. The minimum atomic E-state index is -4.58. The van der Waals surface area contributed by atoms with E-state index in [1.807, 2.05) is 6.92 Å². The van der Waals surface area contributed by atoms with Gasteiger partial charge in [-0.25, -0.2) is 13.1 Å². The van der Waals surface area contributed by atoms with Gasteiger partial charge in [0.05, 0.1) is 4.90 Å². The molecule has 1 aromatic carbocycles. The summed E-state index contributed by atoms with van der Waals surface area (Å²) >= 11 is 0. The van der Waals surface area contributed by atoms with Crippen molar-refractivity contribution in [2.75, 3.05) is 13.1 Å². The van der Waals surface area contributed by atoms with E-state index in [9.17, 15) is 21.6 Å². The molecule has 0 atom stereocenters. The van der Waals surface area contributed by atoms with E-state index in [1.165, 1.54) is 12.1 Å². The van der Waals surface area contributed by atoms with E-state index in [1.54, 1.807) is 16.9 Å². The molecule has 2 N–H and O–H groups in total. The number of hydrogen-bond acceptors (Lipinski definition) is 3. The molecule has 0 spiro atoms. The van der Waals surface area contributed by atoms with E-state index in [0.717, 1.165) is 6.42 Å². The van der Waals surface area contributed by atoms with E-state index < -0.39 is 22.7 Å². The third-order valence-electron chi connectivity index (χ3n) is 2.47. The monoisotopic (exact) mass is 310 g/mol. The van der Waals surface area contributed by atoms with Crippen LogP contribution in [0.1, 0.15) is 18.9 Å². The Morgan fingerprint density at radius 1 is 1.20 bits per heavy atom. The highest BCUT2D eigenvalue weighted by molar-refractivity contribution is 7.89. The van der Waals surface area contributed by atoms with Gasteiger partial charge in [0, 0.05) is 6.54 Å². The summed E-state index contributed by atoms with van der Waals surface area (Å²) in [6, 6.07) is 5.99. The minimum Gasteiger partial charge on any atom is -0.313 e. The lowest BCUT2D eigenvalue weighted by molar-refractivity contribution is -0.121. The summed E-state index contributed by atoms with van der Waals surface area (Å²) in [4.78, 5) is -0.132. The van der Waals surface area contributed by atoms with Gasteiger partial charge in [-0.2, -0.15) is 13.2 Å². The molecule has 0 saturated heterocycles. The summed E-state index contributed by atoms with van der Waals surface area (Å²) in [7, 11) is -4.17. The summed E-state index contributed by atoms with van der Waals surface area (Å²) in [6.07, 6.45) is -3.70. The lowest BCUT2D eigenvalue weighted by atomic mass is 10.2. The summed E-state index contributed by atoms with van der Waals surface area (Å²) < 4.78 is 61.7. The molecule has 0 aliphatic heterocycles. The first-order valence-electron chi connectivity index (χ1n) is 6.11. The van der Waals surface area contributed by atoms with Crippen molar-refractivity contribution in [2.45, 2.75) is 31.0 Å². The highest BCUT2D eigenvalue weighted by Gasteiger charge is 2.30. The van der Waals surface area contributed by atoms with Crippen molar-refractivity contribution < 1.29 is 21.6 Å². The third-order valence-corrected chi connectivity index (χ3v) is 3.97. The average Bonchev–Trinajstić information content (AvgIpc) is 2.37. The molecular weight excluding hydrogens is 293 g/mol. The van der Waals surface area contributed by atoms with Crippen LogP contribution in [-0.4, -0.2) is 27.7 Å². The molecule has 114 valence electrons. The first-order valence-corrected chi connectivity index (χ1v) is 7.59. The number of hydrogen-bond donors (Lipinski definition) is 2. The lowest BCUT2D eigenvalue weighted by Crippen LogP contribution is -2.34. The third kappa shape index (κ3) is 5.48. The van der Waals surface area contributed by atoms with Crippen LogP contribution >= 0.6 is 0 Å². The maximum atomic E-state index is 12.1. The molecule has 0 aromatic heterocycles. The molecular formula is C12H17F3N2O2S. The van der Waals surface area contributed by atoms with Crippen LogP contribution in [0.4, 0.5) is 13.2 Å². The van der Waals surface area contributed by atoms with Crippen LogP contribution in [0.15, 0.2) is 29.2 Å². The Balaban J connectivity index is 2.88. The summed E-state index contributed by atoms with van der Waals surface area (Å²) in [6.45, 7) is 1.37. The largest absolute Gasteiger partial charge is 0.402 e. The van der Waals surface area contributed by atoms with Crippen molar-refractivity contribution in [3.8, 4) is 0 Å². The second-order valence-electron chi connectivity index (χ2n) is 4.22. The van der Waals surface area contributed by atoms with Crippen molar-refractivity contribution in [3.05, 3.63) is 29.8 Å². The predicted octanol–water partition coefficient (Wildman–Crippen LogP) is 2.03. The Bertz CT molecular complexity index is 530. The first-order chi connectivity index (χ1) is 9.26. The maximum absolute atomic E-state index is 12.1. The highest BCUT2D eigenvalue weighted by atomic mass is 32.2. The Labute approximate surface area is 116 Å². The van der Waals surface area contributed by atoms with Gasteiger partial charge in [-0.3, -0.25) is 0 Å². The zero-order valence-corrected chi connectivity index (χ0v) is 11.8.